The van der Waals surface area contributed by atoms with Crippen LogP contribution in [-0.4, -0.2) is 16.6 Å². The Labute approximate surface area is 131 Å². The van der Waals surface area contributed by atoms with Gasteiger partial charge in [0.05, 0.1) is 5.02 Å². The summed E-state index contributed by atoms with van der Waals surface area (Å²) in [5, 5.41) is 10.6. The van der Waals surface area contributed by atoms with Crippen molar-refractivity contribution in [3.8, 4) is 5.75 Å². The third-order valence-corrected chi connectivity index (χ3v) is 5.35. The smallest absolute Gasteiger partial charge is 0.115 e. The van der Waals surface area contributed by atoms with E-state index in [1.165, 1.54) is 0 Å². The molecule has 5 heteroatoms. The van der Waals surface area contributed by atoms with Gasteiger partial charge < -0.3 is 5.11 Å². The van der Waals surface area contributed by atoms with Crippen molar-refractivity contribution in [2.75, 3.05) is 11.5 Å². The number of hydrogen-bond donors (Lipinski definition) is 1. The summed E-state index contributed by atoms with van der Waals surface area (Å²) < 4.78 is 0. The SMILES string of the molecule is Oc1ccc(SCCSc2cc(Cl)ccc2Cl)cc1. The molecule has 19 heavy (non-hydrogen) atoms. The minimum absolute atomic E-state index is 0.296. The lowest BCUT2D eigenvalue weighted by Gasteiger charge is -2.05. The molecule has 2 rings (SSSR count). The minimum atomic E-state index is 0.296. The van der Waals surface area contributed by atoms with E-state index in [0.717, 1.165) is 26.3 Å². The summed E-state index contributed by atoms with van der Waals surface area (Å²) in [7, 11) is 0. The highest BCUT2D eigenvalue weighted by Gasteiger charge is 2.02. The number of thioether (sulfide) groups is 2. The van der Waals surface area contributed by atoms with Gasteiger partial charge in [0, 0.05) is 26.3 Å². The lowest BCUT2D eigenvalue weighted by molar-refractivity contribution is 0.475. The molecule has 0 aliphatic carbocycles. The molecule has 0 aliphatic rings. The van der Waals surface area contributed by atoms with Gasteiger partial charge in [0.2, 0.25) is 0 Å². The van der Waals surface area contributed by atoms with Gasteiger partial charge in [0.15, 0.2) is 0 Å². The molecule has 0 unspecified atom stereocenters. The Morgan fingerprint density at radius 1 is 0.895 bits per heavy atom. The van der Waals surface area contributed by atoms with Crippen LogP contribution >= 0.6 is 46.7 Å². The Hall–Kier alpha value is -0.480. The molecule has 0 spiro atoms. The van der Waals surface area contributed by atoms with E-state index in [4.69, 9.17) is 23.2 Å². The van der Waals surface area contributed by atoms with Crippen LogP contribution in [0.5, 0.6) is 5.75 Å². The number of phenolic OH excluding ortho intramolecular Hbond substituents is 1. The van der Waals surface area contributed by atoms with Crippen molar-refractivity contribution in [1.29, 1.82) is 0 Å². The number of hydrogen-bond acceptors (Lipinski definition) is 3. The topological polar surface area (TPSA) is 20.2 Å². The Kier molecular flexibility index (Phi) is 5.76. The van der Waals surface area contributed by atoms with Crippen LogP contribution in [0, 0.1) is 0 Å². The second-order valence-electron chi connectivity index (χ2n) is 3.77. The molecule has 1 N–H and O–H groups in total. The predicted molar refractivity (Wildman–Crippen MR) is 86.0 cm³/mol. The van der Waals surface area contributed by atoms with Gasteiger partial charge in [0.25, 0.3) is 0 Å². The van der Waals surface area contributed by atoms with Crippen LogP contribution in [0.15, 0.2) is 52.3 Å². The van der Waals surface area contributed by atoms with Crippen molar-refractivity contribution in [3.05, 3.63) is 52.5 Å². The summed E-state index contributed by atoms with van der Waals surface area (Å²) in [6.07, 6.45) is 0. The maximum absolute atomic E-state index is 9.19. The summed E-state index contributed by atoms with van der Waals surface area (Å²) in [5.74, 6) is 2.22. The molecule has 0 radical (unpaired) electrons. The van der Waals surface area contributed by atoms with Gasteiger partial charge in [-0.2, -0.15) is 0 Å². The summed E-state index contributed by atoms with van der Waals surface area (Å²) in [6, 6.07) is 12.7. The van der Waals surface area contributed by atoms with E-state index in [1.54, 1.807) is 41.7 Å². The van der Waals surface area contributed by atoms with Gasteiger partial charge in [-0.25, -0.2) is 0 Å². The van der Waals surface area contributed by atoms with Gasteiger partial charge in [-0.1, -0.05) is 23.2 Å². The molecule has 1 nitrogen and oxygen atoms in total. The minimum Gasteiger partial charge on any atom is -0.508 e. The molecule has 0 heterocycles. The van der Waals surface area contributed by atoms with Gasteiger partial charge in [-0.15, -0.1) is 23.5 Å². The van der Waals surface area contributed by atoms with Gasteiger partial charge in [-0.3, -0.25) is 0 Å². The molecule has 0 saturated heterocycles. The summed E-state index contributed by atoms with van der Waals surface area (Å²) >= 11 is 15.5. The molecular weight excluding hydrogens is 319 g/mol. The first-order valence-corrected chi connectivity index (χ1v) is 8.37. The van der Waals surface area contributed by atoms with Gasteiger partial charge in [-0.05, 0) is 42.5 Å². The molecule has 0 aromatic heterocycles. The fourth-order valence-electron chi connectivity index (χ4n) is 1.44. The van der Waals surface area contributed by atoms with Crippen LogP contribution in [0.25, 0.3) is 0 Å². The summed E-state index contributed by atoms with van der Waals surface area (Å²) in [6.45, 7) is 0. The number of phenols is 1. The Morgan fingerprint density at radius 2 is 1.58 bits per heavy atom. The highest BCUT2D eigenvalue weighted by molar-refractivity contribution is 8.03. The number of benzene rings is 2. The Bertz CT molecular complexity index is 544. The number of rotatable bonds is 5. The van der Waals surface area contributed by atoms with Crippen molar-refractivity contribution in [3.63, 3.8) is 0 Å². The normalized spacial score (nSPS) is 10.6. The molecule has 0 bridgehead atoms. The van der Waals surface area contributed by atoms with Crippen molar-refractivity contribution in [1.82, 2.24) is 0 Å². The van der Waals surface area contributed by atoms with Crippen LogP contribution in [-0.2, 0) is 0 Å². The largest absolute Gasteiger partial charge is 0.508 e. The van der Waals surface area contributed by atoms with E-state index in [1.807, 2.05) is 24.3 Å². The van der Waals surface area contributed by atoms with Crippen molar-refractivity contribution >= 4 is 46.7 Å². The van der Waals surface area contributed by atoms with Crippen LogP contribution in [0.1, 0.15) is 0 Å². The van der Waals surface area contributed by atoms with Crippen molar-refractivity contribution < 1.29 is 5.11 Å². The van der Waals surface area contributed by atoms with E-state index in [2.05, 4.69) is 0 Å². The van der Waals surface area contributed by atoms with Gasteiger partial charge in [0.1, 0.15) is 5.75 Å². The zero-order valence-electron chi connectivity index (χ0n) is 9.98. The van der Waals surface area contributed by atoms with Crippen LogP contribution in [0.4, 0.5) is 0 Å². The number of aromatic hydroxyl groups is 1. The summed E-state index contributed by atoms with van der Waals surface area (Å²) in [4.78, 5) is 2.16. The average molecular weight is 331 g/mol. The number of halogens is 2. The predicted octanol–water partition coefficient (Wildman–Crippen LogP) is 5.58. The highest BCUT2D eigenvalue weighted by Crippen LogP contribution is 2.31. The quantitative estimate of drug-likeness (QED) is 0.570. The van der Waals surface area contributed by atoms with E-state index in [-0.39, 0.29) is 0 Å². The maximum atomic E-state index is 9.19. The van der Waals surface area contributed by atoms with E-state index in [0.29, 0.717) is 10.8 Å². The Balaban J connectivity index is 1.80. The van der Waals surface area contributed by atoms with E-state index < -0.39 is 0 Å². The second kappa shape index (κ2) is 7.34. The molecule has 100 valence electrons. The first-order chi connectivity index (χ1) is 9.15. The molecule has 2 aromatic carbocycles. The lowest BCUT2D eigenvalue weighted by atomic mass is 10.3. The Morgan fingerprint density at radius 3 is 2.32 bits per heavy atom. The third-order valence-electron chi connectivity index (χ3n) is 2.34. The first-order valence-electron chi connectivity index (χ1n) is 5.65. The molecule has 0 atom stereocenters. The fraction of sp³-hybridized carbons (Fsp3) is 0.143. The van der Waals surface area contributed by atoms with Crippen LogP contribution in [0.3, 0.4) is 0 Å². The molecule has 2 aromatic rings. The zero-order valence-corrected chi connectivity index (χ0v) is 13.1. The second-order valence-corrected chi connectivity index (χ2v) is 6.91. The highest BCUT2D eigenvalue weighted by atomic mass is 35.5. The lowest BCUT2D eigenvalue weighted by Crippen LogP contribution is -1.85. The average Bonchev–Trinajstić information content (AvgIpc) is 2.40. The first kappa shape index (κ1) is 14.9. The van der Waals surface area contributed by atoms with Crippen LogP contribution < -0.4 is 0 Å². The van der Waals surface area contributed by atoms with Crippen LogP contribution in [0.2, 0.25) is 10.0 Å². The fourth-order valence-corrected chi connectivity index (χ4v) is 3.83. The molecule has 0 amide bonds. The summed E-state index contributed by atoms with van der Waals surface area (Å²) in [5.41, 5.74) is 0. The molecule has 0 fully saturated rings. The van der Waals surface area contributed by atoms with E-state index >= 15 is 0 Å². The van der Waals surface area contributed by atoms with Gasteiger partial charge >= 0.3 is 0 Å². The molecular formula is C14H12Cl2OS2. The third kappa shape index (κ3) is 4.84. The zero-order chi connectivity index (χ0) is 13.7. The monoisotopic (exact) mass is 330 g/mol. The van der Waals surface area contributed by atoms with Crippen molar-refractivity contribution in [2.24, 2.45) is 0 Å². The standard InChI is InChI=1S/C14H12Cl2OS2/c15-10-1-6-13(16)14(9-10)19-8-7-18-12-4-2-11(17)3-5-12/h1-6,9,17H,7-8H2. The molecule has 0 aliphatic heterocycles. The molecule has 0 saturated carbocycles. The van der Waals surface area contributed by atoms with E-state index in [9.17, 15) is 5.11 Å². The maximum Gasteiger partial charge on any atom is 0.115 e. The van der Waals surface area contributed by atoms with Crippen molar-refractivity contribution in [2.45, 2.75) is 9.79 Å².